The van der Waals surface area contributed by atoms with E-state index in [0.717, 1.165) is 12.8 Å². The predicted molar refractivity (Wildman–Crippen MR) is 58.1 cm³/mol. The molecule has 0 saturated heterocycles. The first-order valence-electron chi connectivity index (χ1n) is 5.09. The molecule has 0 aromatic rings. The first kappa shape index (κ1) is 13.4. The maximum absolute atomic E-state index is 12.7. The highest BCUT2D eigenvalue weighted by molar-refractivity contribution is 9.09. The van der Waals surface area contributed by atoms with Crippen molar-refractivity contribution in [1.29, 1.82) is 0 Å². The Morgan fingerprint density at radius 1 is 1.31 bits per heavy atom. The van der Waals surface area contributed by atoms with Crippen molar-refractivity contribution in [2.75, 3.05) is 6.61 Å². The van der Waals surface area contributed by atoms with Crippen LogP contribution in [0.4, 0.5) is 4.39 Å². The minimum absolute atomic E-state index is 0.228. The molecule has 0 rings (SSSR count). The normalized spacial score (nSPS) is 15.7. The summed E-state index contributed by atoms with van der Waals surface area (Å²) in [7, 11) is 0. The molecule has 0 saturated carbocycles. The van der Waals surface area contributed by atoms with Gasteiger partial charge in [-0.2, -0.15) is 0 Å². The Bertz CT molecular complexity index is 111. The van der Waals surface area contributed by atoms with Gasteiger partial charge in [0.1, 0.15) is 6.17 Å². The number of aliphatic hydroxyl groups is 1. The molecule has 0 bridgehead atoms. The van der Waals surface area contributed by atoms with E-state index < -0.39 is 6.17 Å². The van der Waals surface area contributed by atoms with Crippen LogP contribution in [0, 0.1) is 0 Å². The second kappa shape index (κ2) is 8.95. The fourth-order valence-electron chi connectivity index (χ4n) is 1.26. The van der Waals surface area contributed by atoms with Gasteiger partial charge in [0.2, 0.25) is 0 Å². The quantitative estimate of drug-likeness (QED) is 0.520. The number of unbranched alkanes of at least 4 members (excludes halogenated alkanes) is 3. The zero-order valence-corrected chi connectivity index (χ0v) is 9.89. The minimum Gasteiger partial charge on any atom is -0.393 e. The summed E-state index contributed by atoms with van der Waals surface area (Å²) in [6.45, 7) is 1.83. The van der Waals surface area contributed by atoms with Crippen LogP contribution in [0.3, 0.4) is 0 Å². The van der Waals surface area contributed by atoms with Gasteiger partial charge in [-0.05, 0) is 12.8 Å². The molecular formula is C10H20BrFO. The van der Waals surface area contributed by atoms with E-state index in [-0.39, 0.29) is 11.4 Å². The lowest BCUT2D eigenvalue weighted by atomic mass is 10.1. The number of rotatable bonds is 8. The van der Waals surface area contributed by atoms with E-state index in [9.17, 15) is 4.39 Å². The Morgan fingerprint density at radius 3 is 2.54 bits per heavy atom. The van der Waals surface area contributed by atoms with Crippen LogP contribution < -0.4 is 0 Å². The van der Waals surface area contributed by atoms with Crippen LogP contribution in [0.5, 0.6) is 0 Å². The third-order valence-electron chi connectivity index (χ3n) is 2.08. The van der Waals surface area contributed by atoms with Crippen molar-refractivity contribution in [3.8, 4) is 0 Å². The molecule has 0 heterocycles. The predicted octanol–water partition coefficient (Wildman–Crippen LogP) is 3.44. The molecule has 0 spiro atoms. The summed E-state index contributed by atoms with van der Waals surface area (Å²) < 4.78 is 12.7. The second-order valence-electron chi connectivity index (χ2n) is 3.46. The largest absolute Gasteiger partial charge is 0.393 e. The maximum Gasteiger partial charge on any atom is 0.124 e. The van der Waals surface area contributed by atoms with Crippen molar-refractivity contribution < 1.29 is 9.50 Å². The highest BCUT2D eigenvalue weighted by atomic mass is 79.9. The topological polar surface area (TPSA) is 20.2 Å². The van der Waals surface area contributed by atoms with Gasteiger partial charge in [-0.3, -0.25) is 0 Å². The van der Waals surface area contributed by atoms with Crippen molar-refractivity contribution >= 4 is 15.9 Å². The van der Waals surface area contributed by atoms with Gasteiger partial charge in [0.05, 0.1) is 6.61 Å². The van der Waals surface area contributed by atoms with Gasteiger partial charge in [-0.15, -0.1) is 0 Å². The van der Waals surface area contributed by atoms with Crippen LogP contribution in [-0.4, -0.2) is 22.7 Å². The summed E-state index contributed by atoms with van der Waals surface area (Å²) >= 11 is 3.42. The summed E-state index contributed by atoms with van der Waals surface area (Å²) in [4.78, 5) is 0.228. The SMILES string of the molecule is CCCCCCC(Br)CC(F)CO. The fraction of sp³-hybridized carbons (Fsp3) is 1.00. The smallest absolute Gasteiger partial charge is 0.124 e. The van der Waals surface area contributed by atoms with Crippen molar-refractivity contribution in [1.82, 2.24) is 0 Å². The zero-order chi connectivity index (χ0) is 10.1. The summed E-state index contributed by atoms with van der Waals surface area (Å²) in [5.74, 6) is 0. The number of alkyl halides is 2. The molecular weight excluding hydrogens is 235 g/mol. The van der Waals surface area contributed by atoms with Crippen LogP contribution in [0.1, 0.15) is 45.4 Å². The van der Waals surface area contributed by atoms with Gasteiger partial charge in [0, 0.05) is 4.83 Å². The Hall–Kier alpha value is 0.370. The molecule has 0 aliphatic carbocycles. The van der Waals surface area contributed by atoms with E-state index in [1.807, 2.05) is 0 Å². The van der Waals surface area contributed by atoms with Crippen LogP contribution in [0.15, 0.2) is 0 Å². The van der Waals surface area contributed by atoms with Gasteiger partial charge < -0.3 is 5.11 Å². The molecule has 0 aromatic carbocycles. The summed E-state index contributed by atoms with van der Waals surface area (Å²) in [5.41, 5.74) is 0. The minimum atomic E-state index is -1.06. The van der Waals surface area contributed by atoms with Gasteiger partial charge in [0.25, 0.3) is 0 Å². The number of hydrogen-bond acceptors (Lipinski definition) is 1. The van der Waals surface area contributed by atoms with E-state index >= 15 is 0 Å². The highest BCUT2D eigenvalue weighted by Gasteiger charge is 2.11. The number of hydrogen-bond donors (Lipinski definition) is 1. The molecule has 0 fully saturated rings. The fourth-order valence-corrected chi connectivity index (χ4v) is 1.99. The Kier molecular flexibility index (Phi) is 9.20. The molecule has 0 aliphatic rings. The van der Waals surface area contributed by atoms with E-state index in [0.29, 0.717) is 6.42 Å². The summed E-state index contributed by atoms with van der Waals surface area (Å²) in [6, 6.07) is 0. The molecule has 0 aromatic heterocycles. The van der Waals surface area contributed by atoms with Crippen LogP contribution in [-0.2, 0) is 0 Å². The molecule has 0 aliphatic heterocycles. The van der Waals surface area contributed by atoms with Crippen molar-refractivity contribution in [3.63, 3.8) is 0 Å². The Morgan fingerprint density at radius 2 is 2.00 bits per heavy atom. The van der Waals surface area contributed by atoms with E-state index in [4.69, 9.17) is 5.11 Å². The lowest BCUT2D eigenvalue weighted by Gasteiger charge is -2.11. The summed E-state index contributed by atoms with van der Waals surface area (Å²) in [6.07, 6.45) is 5.27. The molecule has 0 radical (unpaired) electrons. The average molecular weight is 255 g/mol. The highest BCUT2D eigenvalue weighted by Crippen LogP contribution is 2.18. The molecule has 1 N–H and O–H groups in total. The van der Waals surface area contributed by atoms with Gasteiger partial charge in [-0.25, -0.2) is 4.39 Å². The Balaban J connectivity index is 3.24. The Labute approximate surface area is 88.9 Å². The maximum atomic E-state index is 12.7. The zero-order valence-electron chi connectivity index (χ0n) is 8.31. The molecule has 2 unspecified atom stereocenters. The molecule has 13 heavy (non-hydrogen) atoms. The average Bonchev–Trinajstić information content (AvgIpc) is 2.12. The number of aliphatic hydroxyl groups excluding tert-OH is 1. The molecule has 80 valence electrons. The third kappa shape index (κ3) is 8.69. The molecule has 1 nitrogen and oxygen atoms in total. The van der Waals surface area contributed by atoms with Crippen molar-refractivity contribution in [3.05, 3.63) is 0 Å². The van der Waals surface area contributed by atoms with Crippen molar-refractivity contribution in [2.45, 2.75) is 56.4 Å². The van der Waals surface area contributed by atoms with E-state index in [2.05, 4.69) is 22.9 Å². The second-order valence-corrected chi connectivity index (χ2v) is 4.76. The first-order valence-corrected chi connectivity index (χ1v) is 6.01. The summed E-state index contributed by atoms with van der Waals surface area (Å²) in [5, 5.41) is 8.50. The standard InChI is InChI=1S/C10H20BrFO/c1-2-3-4-5-6-9(11)7-10(12)8-13/h9-10,13H,2-8H2,1H3. The molecule has 0 amide bonds. The number of halogens is 2. The lowest BCUT2D eigenvalue weighted by Crippen LogP contribution is -2.12. The molecule has 3 heteroatoms. The monoisotopic (exact) mass is 254 g/mol. The van der Waals surface area contributed by atoms with Gasteiger partial charge in [0.15, 0.2) is 0 Å². The van der Waals surface area contributed by atoms with E-state index in [1.54, 1.807) is 0 Å². The van der Waals surface area contributed by atoms with Crippen LogP contribution in [0.25, 0.3) is 0 Å². The third-order valence-corrected chi connectivity index (χ3v) is 2.91. The van der Waals surface area contributed by atoms with Gasteiger partial charge in [-0.1, -0.05) is 48.5 Å². The van der Waals surface area contributed by atoms with Crippen molar-refractivity contribution in [2.24, 2.45) is 0 Å². The van der Waals surface area contributed by atoms with Gasteiger partial charge >= 0.3 is 0 Å². The molecule has 2 atom stereocenters. The van der Waals surface area contributed by atoms with Crippen LogP contribution >= 0.6 is 15.9 Å². The first-order chi connectivity index (χ1) is 6.20. The van der Waals surface area contributed by atoms with E-state index in [1.165, 1.54) is 19.3 Å². The lowest BCUT2D eigenvalue weighted by molar-refractivity contribution is 0.169. The van der Waals surface area contributed by atoms with Crippen LogP contribution in [0.2, 0.25) is 0 Å².